The lowest BCUT2D eigenvalue weighted by molar-refractivity contribution is 0.597. The van der Waals surface area contributed by atoms with Crippen LogP contribution in [0.3, 0.4) is 0 Å². The number of benzene rings is 3. The summed E-state index contributed by atoms with van der Waals surface area (Å²) in [6, 6.07) is 28.7. The molecule has 0 saturated heterocycles. The molecule has 1 atom stereocenters. The average molecular weight is 290 g/mol. The van der Waals surface area contributed by atoms with Crippen molar-refractivity contribution in [2.75, 3.05) is 0 Å². The van der Waals surface area contributed by atoms with E-state index in [4.69, 9.17) is 4.65 Å². The SMILES string of the molecule is Pc1ccccc1OB(c1ccccc1)c1ccccc1. The van der Waals surface area contributed by atoms with Crippen molar-refractivity contribution in [3.63, 3.8) is 0 Å². The van der Waals surface area contributed by atoms with Crippen molar-refractivity contribution < 1.29 is 4.65 Å². The third-order valence-electron chi connectivity index (χ3n) is 3.37. The maximum absolute atomic E-state index is 6.30. The molecule has 0 fully saturated rings. The molecular formula is C18H16BOP. The lowest BCUT2D eigenvalue weighted by Gasteiger charge is -2.18. The second-order valence-corrected chi connectivity index (χ2v) is 5.48. The third kappa shape index (κ3) is 3.35. The lowest BCUT2D eigenvalue weighted by atomic mass is 9.55. The minimum Gasteiger partial charge on any atom is -0.551 e. The van der Waals surface area contributed by atoms with E-state index in [9.17, 15) is 0 Å². The second-order valence-electron chi connectivity index (χ2n) is 4.86. The van der Waals surface area contributed by atoms with E-state index in [1.54, 1.807) is 0 Å². The van der Waals surface area contributed by atoms with Gasteiger partial charge in [-0.05, 0) is 17.0 Å². The van der Waals surface area contributed by atoms with Gasteiger partial charge in [-0.15, -0.1) is 9.24 Å². The molecule has 0 amide bonds. The smallest absolute Gasteiger partial charge is 0.426 e. The number of para-hydroxylation sites is 1. The first kappa shape index (κ1) is 13.9. The third-order valence-corrected chi connectivity index (χ3v) is 3.85. The second kappa shape index (κ2) is 6.60. The van der Waals surface area contributed by atoms with E-state index in [0.29, 0.717) is 0 Å². The first-order valence-corrected chi connectivity index (χ1v) is 7.53. The van der Waals surface area contributed by atoms with Crippen molar-refractivity contribution in [2.45, 2.75) is 0 Å². The summed E-state index contributed by atoms with van der Waals surface area (Å²) in [4.78, 5) is 0. The molecule has 0 heterocycles. The van der Waals surface area contributed by atoms with E-state index in [2.05, 4.69) is 33.5 Å². The van der Waals surface area contributed by atoms with Crippen LogP contribution in [0, 0.1) is 0 Å². The summed E-state index contributed by atoms with van der Waals surface area (Å²) >= 11 is 0. The Kier molecular flexibility index (Phi) is 4.38. The lowest BCUT2D eigenvalue weighted by Crippen LogP contribution is -2.47. The van der Waals surface area contributed by atoms with Crippen molar-refractivity contribution in [3.8, 4) is 5.75 Å². The first-order chi connectivity index (χ1) is 10.3. The van der Waals surface area contributed by atoms with E-state index in [1.165, 1.54) is 0 Å². The number of rotatable bonds is 4. The molecule has 1 unspecified atom stereocenters. The predicted molar refractivity (Wildman–Crippen MR) is 94.3 cm³/mol. The van der Waals surface area contributed by atoms with Gasteiger partial charge in [0.1, 0.15) is 5.75 Å². The van der Waals surface area contributed by atoms with Gasteiger partial charge >= 0.3 is 6.92 Å². The zero-order chi connectivity index (χ0) is 14.5. The van der Waals surface area contributed by atoms with E-state index in [1.807, 2.05) is 60.7 Å². The fourth-order valence-electron chi connectivity index (χ4n) is 2.30. The minimum atomic E-state index is -0.103. The van der Waals surface area contributed by atoms with Gasteiger partial charge in [-0.3, -0.25) is 0 Å². The summed E-state index contributed by atoms with van der Waals surface area (Å²) < 4.78 is 6.30. The quantitative estimate of drug-likeness (QED) is 0.529. The van der Waals surface area contributed by atoms with Gasteiger partial charge in [-0.1, -0.05) is 78.9 Å². The zero-order valence-electron chi connectivity index (χ0n) is 11.6. The molecule has 0 bridgehead atoms. The Hall–Kier alpha value is -2.05. The highest BCUT2D eigenvalue weighted by molar-refractivity contribution is 7.27. The van der Waals surface area contributed by atoms with Crippen LogP contribution in [0.25, 0.3) is 0 Å². The summed E-state index contributed by atoms with van der Waals surface area (Å²) in [5.74, 6) is 0.889. The molecule has 0 saturated carbocycles. The van der Waals surface area contributed by atoms with Crippen LogP contribution in [-0.4, -0.2) is 6.92 Å². The average Bonchev–Trinajstić information content (AvgIpc) is 2.56. The summed E-state index contributed by atoms with van der Waals surface area (Å²) in [6.45, 7) is -0.103. The molecule has 3 aromatic carbocycles. The molecule has 0 radical (unpaired) electrons. The van der Waals surface area contributed by atoms with Crippen LogP contribution in [-0.2, 0) is 0 Å². The van der Waals surface area contributed by atoms with Gasteiger partial charge in [0.15, 0.2) is 0 Å². The molecule has 0 aliphatic heterocycles. The molecule has 3 aromatic rings. The topological polar surface area (TPSA) is 9.23 Å². The molecule has 0 aromatic heterocycles. The van der Waals surface area contributed by atoms with Crippen molar-refractivity contribution in [2.24, 2.45) is 0 Å². The summed E-state index contributed by atoms with van der Waals surface area (Å²) in [5, 5.41) is 1.06. The molecule has 0 N–H and O–H groups in total. The van der Waals surface area contributed by atoms with E-state index in [-0.39, 0.29) is 6.92 Å². The van der Waals surface area contributed by atoms with Crippen LogP contribution in [0.4, 0.5) is 0 Å². The molecule has 1 nitrogen and oxygen atoms in total. The van der Waals surface area contributed by atoms with Crippen LogP contribution < -0.4 is 20.9 Å². The Morgan fingerprint density at radius 1 is 0.619 bits per heavy atom. The summed E-state index contributed by atoms with van der Waals surface area (Å²) in [5.41, 5.74) is 2.30. The van der Waals surface area contributed by atoms with Gasteiger partial charge in [0.2, 0.25) is 0 Å². The maximum atomic E-state index is 6.30. The summed E-state index contributed by atoms with van der Waals surface area (Å²) in [6.07, 6.45) is 0. The Morgan fingerprint density at radius 2 is 1.10 bits per heavy atom. The molecule has 0 aliphatic carbocycles. The normalized spacial score (nSPS) is 10.1. The molecule has 0 aliphatic rings. The Balaban J connectivity index is 1.99. The van der Waals surface area contributed by atoms with Crippen LogP contribution >= 0.6 is 9.24 Å². The van der Waals surface area contributed by atoms with Gasteiger partial charge in [0.05, 0.1) is 0 Å². The molecule has 21 heavy (non-hydrogen) atoms. The van der Waals surface area contributed by atoms with E-state index >= 15 is 0 Å². The Labute approximate surface area is 128 Å². The molecule has 3 heteroatoms. The van der Waals surface area contributed by atoms with Crippen LogP contribution in [0.15, 0.2) is 84.9 Å². The summed E-state index contributed by atoms with van der Waals surface area (Å²) in [7, 11) is 2.73. The van der Waals surface area contributed by atoms with Gasteiger partial charge in [-0.2, -0.15) is 0 Å². The zero-order valence-corrected chi connectivity index (χ0v) is 12.8. The van der Waals surface area contributed by atoms with Crippen molar-refractivity contribution in [3.05, 3.63) is 84.9 Å². The Bertz CT molecular complexity index is 661. The van der Waals surface area contributed by atoms with Crippen LogP contribution in [0.1, 0.15) is 0 Å². The largest absolute Gasteiger partial charge is 0.551 e. The predicted octanol–water partition coefficient (Wildman–Crippen LogP) is 2.37. The van der Waals surface area contributed by atoms with Crippen molar-refractivity contribution in [1.29, 1.82) is 0 Å². The highest BCUT2D eigenvalue weighted by Crippen LogP contribution is 2.11. The molecule has 102 valence electrons. The fourth-order valence-corrected chi connectivity index (χ4v) is 2.57. The van der Waals surface area contributed by atoms with E-state index < -0.39 is 0 Å². The minimum absolute atomic E-state index is 0.103. The highest BCUT2D eigenvalue weighted by atomic mass is 31.0. The fraction of sp³-hybridized carbons (Fsp3) is 0. The van der Waals surface area contributed by atoms with Gasteiger partial charge in [-0.25, -0.2) is 0 Å². The monoisotopic (exact) mass is 290 g/mol. The molecule has 0 spiro atoms. The van der Waals surface area contributed by atoms with Crippen LogP contribution in [0.2, 0.25) is 0 Å². The van der Waals surface area contributed by atoms with Crippen molar-refractivity contribution in [1.82, 2.24) is 0 Å². The van der Waals surface area contributed by atoms with E-state index in [0.717, 1.165) is 22.0 Å². The molecular weight excluding hydrogens is 274 g/mol. The highest BCUT2D eigenvalue weighted by Gasteiger charge is 2.23. The number of hydrogen-bond acceptors (Lipinski definition) is 1. The van der Waals surface area contributed by atoms with Crippen LogP contribution in [0.5, 0.6) is 5.75 Å². The first-order valence-electron chi connectivity index (χ1n) is 6.95. The van der Waals surface area contributed by atoms with Gasteiger partial charge in [0, 0.05) is 5.30 Å². The maximum Gasteiger partial charge on any atom is 0.426 e. The Morgan fingerprint density at radius 3 is 1.62 bits per heavy atom. The number of hydrogen-bond donors (Lipinski definition) is 0. The van der Waals surface area contributed by atoms with Crippen molar-refractivity contribution >= 4 is 32.4 Å². The standard InChI is InChI=1S/C18H16BOP/c21-18-14-8-7-13-17(18)20-19(15-9-3-1-4-10-15)16-11-5-2-6-12-16/h1-14H,21H2. The molecule has 3 rings (SSSR count). The van der Waals surface area contributed by atoms with Gasteiger partial charge < -0.3 is 4.65 Å². The van der Waals surface area contributed by atoms with Gasteiger partial charge in [0.25, 0.3) is 0 Å².